The molecule has 0 spiro atoms. The highest BCUT2D eigenvalue weighted by Crippen LogP contribution is 2.38. The van der Waals surface area contributed by atoms with Crippen molar-refractivity contribution in [1.29, 1.82) is 0 Å². The van der Waals surface area contributed by atoms with Crippen LogP contribution in [0, 0.1) is 30.5 Å². The fraction of sp³-hybridized carbons (Fsp3) is 0.378. The van der Waals surface area contributed by atoms with Gasteiger partial charge in [0.05, 0.1) is 48.3 Å². The lowest BCUT2D eigenvalue weighted by molar-refractivity contribution is -0.138. The number of carbonyl (C=O) groups excluding carboxylic acids is 1. The first-order valence-corrected chi connectivity index (χ1v) is 23.7. The fourth-order valence-corrected chi connectivity index (χ4v) is 8.90. The van der Waals surface area contributed by atoms with Gasteiger partial charge in [0.15, 0.2) is 19.8 Å². The summed E-state index contributed by atoms with van der Waals surface area (Å²) < 4.78 is 75.9. The van der Waals surface area contributed by atoms with Gasteiger partial charge >= 0.3 is 5.97 Å². The Kier molecular flexibility index (Phi) is 15.1. The number of carboxylic acids is 1. The van der Waals surface area contributed by atoms with Gasteiger partial charge < -0.3 is 34.5 Å². The summed E-state index contributed by atoms with van der Waals surface area (Å²) in [7, 11) is -4.47. The largest absolute Gasteiger partial charge is 0.481 e. The van der Waals surface area contributed by atoms with Gasteiger partial charge in [0.2, 0.25) is 16.6 Å². The lowest BCUT2D eigenvalue weighted by Gasteiger charge is -2.28. The van der Waals surface area contributed by atoms with Crippen LogP contribution in [0.3, 0.4) is 0 Å². The van der Waals surface area contributed by atoms with E-state index in [2.05, 4.69) is 48.9 Å². The Morgan fingerprint density at radius 2 is 1.95 bits per heavy atom. The van der Waals surface area contributed by atoms with Crippen LogP contribution in [0.4, 0.5) is 21.5 Å². The molecule has 3 aromatic heterocycles. The maximum absolute atomic E-state index is 14.5. The Morgan fingerprint density at radius 3 is 2.59 bits per heavy atom. The Balaban J connectivity index is 0.000000194. The molecule has 20 nitrogen and oxygen atoms in total. The number of nitrogens with zero attached hydrogens (tertiary/aromatic N) is 8. The van der Waals surface area contributed by atoms with Crippen LogP contribution in [0.5, 0.6) is 17.5 Å². The number of terminal acetylenes is 1. The number of halogens is 3. The fourth-order valence-electron chi connectivity index (χ4n) is 5.85. The van der Waals surface area contributed by atoms with Gasteiger partial charge in [-0.15, -0.1) is 11.5 Å². The molecule has 2 aliphatic rings. The first kappa shape index (κ1) is 48.7. The maximum atomic E-state index is 14.5. The third-order valence-corrected chi connectivity index (χ3v) is 12.8. The van der Waals surface area contributed by atoms with Crippen LogP contribution in [0.1, 0.15) is 31.7 Å². The minimum Gasteiger partial charge on any atom is -0.481 e. The van der Waals surface area contributed by atoms with Gasteiger partial charge in [0.1, 0.15) is 23.3 Å². The third-order valence-electron chi connectivity index (χ3n) is 9.02. The number of rotatable bonds is 11. The van der Waals surface area contributed by atoms with Crippen molar-refractivity contribution in [1.82, 2.24) is 28.5 Å². The molecule has 63 heavy (non-hydrogen) atoms. The van der Waals surface area contributed by atoms with Crippen molar-refractivity contribution in [2.24, 2.45) is 16.1 Å². The molecule has 0 saturated heterocycles. The number of methoxy groups -OCH3 is 2. The molecule has 1 amide bonds. The van der Waals surface area contributed by atoms with E-state index in [1.807, 2.05) is 4.57 Å². The number of aryl methyl sites for hydroxylation is 1. The van der Waals surface area contributed by atoms with Gasteiger partial charge in [-0.1, -0.05) is 49.0 Å². The van der Waals surface area contributed by atoms with Crippen LogP contribution >= 0.6 is 42.1 Å². The number of hydrogen-bond acceptors (Lipinski definition) is 15. The second-order valence-electron chi connectivity index (χ2n) is 14.8. The van der Waals surface area contributed by atoms with E-state index in [0.717, 1.165) is 23.3 Å². The van der Waals surface area contributed by atoms with E-state index in [-0.39, 0.29) is 76.0 Å². The molecule has 26 heteroatoms. The standard InChI is InChI=1S/C18H17FN4O2S.C14H13Cl2N5O4S.C5H12NO4P/c1-4-5-22-13-7-12(11(19)6-14(13)25-9-16(22)24)20-17-23-10-18(2,3)8-15(23)21-26-17;1-7-4-5-8(15)12(11(7)16)20-26(22,23)14-18-13-17-9(24-2)6-10(25-3)21(13)19-14;1-11(9,10)3-2-4(6)5(7)8/h1,6-7H,5,8-10H2,2-3H3;4-6,20H,1-3H3;4H,2-3,6H2,1H3,(H,7,8)(H,9,10)/b20-17-;;. The minimum atomic E-state index is -4.18. The monoisotopic (exact) mass is 970 g/mol. The van der Waals surface area contributed by atoms with E-state index in [0.29, 0.717) is 21.8 Å². The summed E-state index contributed by atoms with van der Waals surface area (Å²) in [6.45, 7) is 7.96. The van der Waals surface area contributed by atoms with Gasteiger partial charge in [0.25, 0.3) is 26.9 Å². The summed E-state index contributed by atoms with van der Waals surface area (Å²) in [5, 5.41) is 12.0. The van der Waals surface area contributed by atoms with Crippen LogP contribution < -0.4 is 34.4 Å². The lowest BCUT2D eigenvalue weighted by atomic mass is 9.92. The molecule has 2 unspecified atom stereocenters. The predicted molar refractivity (Wildman–Crippen MR) is 233 cm³/mol. The molecule has 2 atom stereocenters. The molecular weight excluding hydrogens is 929 g/mol. The molecule has 0 aliphatic carbocycles. The molecule has 2 aliphatic heterocycles. The number of anilines is 2. The SMILES string of the molecule is C#CCN1C(=O)COc2cc(F)c(/N=c3\snc4n3CC(C)(C)C4)cc21.COc1cc(OC)n2nc(S(=O)(=O)Nc3c(Cl)ccc(C)c3Cl)nc2n1.CP(=O)(O)CCC(N)C(=O)O. The third kappa shape index (κ3) is 11.8. The van der Waals surface area contributed by atoms with E-state index in [9.17, 15) is 27.0 Å². The van der Waals surface area contributed by atoms with E-state index in [1.54, 1.807) is 13.0 Å². The highest BCUT2D eigenvalue weighted by atomic mass is 35.5. The minimum absolute atomic E-state index is 0.0111. The van der Waals surface area contributed by atoms with Crippen LogP contribution in [-0.4, -0.2) is 105 Å². The highest BCUT2D eigenvalue weighted by molar-refractivity contribution is 7.92. The van der Waals surface area contributed by atoms with Crippen molar-refractivity contribution in [2.45, 2.75) is 51.4 Å². The first-order valence-electron chi connectivity index (χ1n) is 18.4. The van der Waals surface area contributed by atoms with Crippen LogP contribution in [0.2, 0.25) is 10.0 Å². The molecule has 0 saturated carbocycles. The zero-order valence-corrected chi connectivity index (χ0v) is 38.5. The number of benzene rings is 2. The summed E-state index contributed by atoms with van der Waals surface area (Å²) in [5.74, 6) is 2.17. The molecule has 5 heterocycles. The number of hydrogen-bond donors (Lipinski definition) is 4. The summed E-state index contributed by atoms with van der Waals surface area (Å²) >= 11 is 13.4. The average Bonchev–Trinajstić information content (AvgIpc) is 3.91. The number of sulfonamides is 1. The maximum Gasteiger partial charge on any atom is 0.320 e. The predicted octanol–water partition coefficient (Wildman–Crippen LogP) is 4.50. The van der Waals surface area contributed by atoms with Crippen LogP contribution in [-0.2, 0) is 37.1 Å². The van der Waals surface area contributed by atoms with Gasteiger partial charge in [-0.3, -0.25) is 23.8 Å². The van der Waals surface area contributed by atoms with Gasteiger partial charge in [-0.25, -0.2) is 9.38 Å². The highest BCUT2D eigenvalue weighted by Gasteiger charge is 2.32. The molecule has 0 bridgehead atoms. The number of nitrogens with two attached hydrogens (primary N) is 1. The van der Waals surface area contributed by atoms with Crippen molar-refractivity contribution in [2.75, 3.05) is 49.8 Å². The zero-order chi connectivity index (χ0) is 46.6. The van der Waals surface area contributed by atoms with Gasteiger partial charge in [0, 0.05) is 43.4 Å². The van der Waals surface area contributed by atoms with Gasteiger partial charge in [-0.2, -0.15) is 27.3 Å². The molecule has 0 radical (unpaired) electrons. The molecular formula is C37H42Cl2FN10O10PS2. The molecule has 338 valence electrons. The van der Waals surface area contributed by atoms with Crippen LogP contribution in [0.25, 0.3) is 5.78 Å². The van der Waals surface area contributed by atoms with Crippen molar-refractivity contribution in [3.63, 3.8) is 0 Å². The number of ether oxygens (including phenoxy) is 3. The number of carboxylic acid groups (broad SMARTS) is 1. The van der Waals surface area contributed by atoms with Crippen molar-refractivity contribution in [3.8, 4) is 29.9 Å². The molecule has 7 rings (SSSR count). The summed E-state index contributed by atoms with van der Waals surface area (Å²) in [6, 6.07) is 6.38. The van der Waals surface area contributed by atoms with E-state index < -0.39 is 40.4 Å². The smallest absolute Gasteiger partial charge is 0.320 e. The summed E-state index contributed by atoms with van der Waals surface area (Å²) in [6.07, 6.45) is 6.22. The zero-order valence-electron chi connectivity index (χ0n) is 34.5. The Morgan fingerprint density at radius 1 is 1.24 bits per heavy atom. The van der Waals surface area contributed by atoms with Crippen LogP contribution in [0.15, 0.2) is 40.5 Å². The summed E-state index contributed by atoms with van der Waals surface area (Å²) in [4.78, 5) is 45.4. The van der Waals surface area contributed by atoms with E-state index in [4.69, 9.17) is 59.6 Å². The Labute approximate surface area is 374 Å². The Hall–Kier alpha value is -5.34. The van der Waals surface area contributed by atoms with Crippen molar-refractivity contribution < 1.29 is 51.2 Å². The first-order chi connectivity index (χ1) is 29.5. The molecule has 2 aromatic carbocycles. The summed E-state index contributed by atoms with van der Waals surface area (Å²) in [5.41, 5.74) is 6.47. The number of nitrogens with one attached hydrogen (secondary N) is 1. The molecule has 5 N–H and O–H groups in total. The number of aromatic nitrogens is 6. The van der Waals surface area contributed by atoms with Crippen molar-refractivity contribution in [3.05, 3.63) is 62.4 Å². The van der Waals surface area contributed by atoms with Gasteiger partial charge in [-0.05, 0) is 36.5 Å². The molecule has 0 fully saturated rings. The number of amides is 1. The second kappa shape index (κ2) is 19.6. The van der Waals surface area contributed by atoms with E-state index >= 15 is 0 Å². The second-order valence-corrected chi connectivity index (χ2v) is 20.4. The Bertz CT molecular complexity index is 2840. The normalized spacial score (nSPS) is 15.6. The quantitative estimate of drug-likeness (QED) is 0.105. The van der Waals surface area contributed by atoms with Crippen molar-refractivity contribution >= 4 is 86.8 Å². The molecule has 5 aromatic rings. The number of carbonyl (C=O) groups is 2. The number of fused-ring (bicyclic) bond motifs is 3. The lowest BCUT2D eigenvalue weighted by Crippen LogP contribution is -2.39. The topological polar surface area (TPSA) is 268 Å². The average molecular weight is 972 g/mol. The van der Waals surface area contributed by atoms with E-state index in [1.165, 1.54) is 61.6 Å². The number of aliphatic carboxylic acids is 1.